The molecule has 18 heavy (non-hydrogen) atoms. The molecule has 0 radical (unpaired) electrons. The molecule has 1 fully saturated rings. The number of ether oxygens (including phenoxy) is 1. The number of hydrogen-bond acceptors (Lipinski definition) is 5. The van der Waals surface area contributed by atoms with Crippen molar-refractivity contribution >= 4 is 23.4 Å². The summed E-state index contributed by atoms with van der Waals surface area (Å²) in [4.78, 5) is 15.8. The van der Waals surface area contributed by atoms with Gasteiger partial charge in [-0.15, -0.1) is 11.8 Å². The zero-order valence-corrected chi connectivity index (χ0v) is 11.3. The third kappa shape index (κ3) is 2.96. The summed E-state index contributed by atoms with van der Waals surface area (Å²) in [7, 11) is 1.36. The molecule has 0 aliphatic heterocycles. The highest BCUT2D eigenvalue weighted by Crippen LogP contribution is 2.36. The van der Waals surface area contributed by atoms with Crippen molar-refractivity contribution in [2.75, 3.05) is 12.8 Å². The Balaban J connectivity index is 2.15. The number of nitrogens with zero attached hydrogens (tertiary/aromatic N) is 1. The Labute approximate surface area is 111 Å². The predicted molar refractivity (Wildman–Crippen MR) is 72.7 cm³/mol. The molecule has 1 saturated carbocycles. The highest BCUT2D eigenvalue weighted by atomic mass is 32.2. The molecule has 0 spiro atoms. The van der Waals surface area contributed by atoms with E-state index in [-0.39, 0.29) is 0 Å². The number of nitrogen functional groups attached to an aromatic ring is 1. The molecule has 2 N–H and O–H groups in total. The molecule has 0 atom stereocenters. The first kappa shape index (κ1) is 13.2. The van der Waals surface area contributed by atoms with Crippen LogP contribution in [0, 0.1) is 0 Å². The Morgan fingerprint density at radius 3 is 2.83 bits per heavy atom. The number of carbonyl (C=O) groups is 1. The van der Waals surface area contributed by atoms with E-state index in [2.05, 4.69) is 4.98 Å². The van der Waals surface area contributed by atoms with Crippen molar-refractivity contribution < 1.29 is 9.53 Å². The molecule has 1 aromatic rings. The van der Waals surface area contributed by atoms with Crippen molar-refractivity contribution in [3.05, 3.63) is 17.8 Å². The molecule has 0 aromatic carbocycles. The Bertz CT molecular complexity index is 431. The Morgan fingerprint density at radius 1 is 1.44 bits per heavy atom. The van der Waals surface area contributed by atoms with Crippen LogP contribution in [-0.2, 0) is 4.74 Å². The summed E-state index contributed by atoms with van der Waals surface area (Å²) in [6, 6.07) is 1.60. The van der Waals surface area contributed by atoms with E-state index in [9.17, 15) is 4.79 Å². The SMILES string of the molecule is COC(=O)c1ccnc(SC2CCCCC2)c1N. The number of thioether (sulfide) groups is 1. The molecule has 0 bridgehead atoms. The van der Waals surface area contributed by atoms with Gasteiger partial charge in [0.15, 0.2) is 0 Å². The summed E-state index contributed by atoms with van der Waals surface area (Å²) in [5.41, 5.74) is 6.85. The lowest BCUT2D eigenvalue weighted by Gasteiger charge is -2.21. The maximum atomic E-state index is 11.5. The molecule has 0 unspecified atom stereocenters. The summed E-state index contributed by atoms with van der Waals surface area (Å²) in [5, 5.41) is 1.33. The molecule has 1 aliphatic rings. The lowest BCUT2D eigenvalue weighted by molar-refractivity contribution is 0.0601. The molecule has 5 heteroatoms. The van der Waals surface area contributed by atoms with Gasteiger partial charge >= 0.3 is 5.97 Å². The van der Waals surface area contributed by atoms with Crippen LogP contribution in [0.2, 0.25) is 0 Å². The Hall–Kier alpha value is -1.23. The monoisotopic (exact) mass is 266 g/mol. The van der Waals surface area contributed by atoms with E-state index in [1.54, 1.807) is 24.0 Å². The number of rotatable bonds is 3. The van der Waals surface area contributed by atoms with Gasteiger partial charge in [0, 0.05) is 11.4 Å². The number of methoxy groups -OCH3 is 1. The van der Waals surface area contributed by atoms with Crippen molar-refractivity contribution in [1.29, 1.82) is 0 Å². The van der Waals surface area contributed by atoms with Gasteiger partial charge in [0.25, 0.3) is 0 Å². The van der Waals surface area contributed by atoms with E-state index in [0.29, 0.717) is 16.5 Å². The van der Waals surface area contributed by atoms with Crippen LogP contribution in [0.1, 0.15) is 42.5 Å². The number of esters is 1. The number of nitrogens with two attached hydrogens (primary N) is 1. The topological polar surface area (TPSA) is 65.2 Å². The van der Waals surface area contributed by atoms with Crippen LogP contribution >= 0.6 is 11.8 Å². The van der Waals surface area contributed by atoms with Gasteiger partial charge in [-0.25, -0.2) is 9.78 Å². The summed E-state index contributed by atoms with van der Waals surface area (Å²) >= 11 is 1.69. The highest BCUT2D eigenvalue weighted by Gasteiger charge is 2.19. The van der Waals surface area contributed by atoms with Gasteiger partial charge in [-0.3, -0.25) is 0 Å². The standard InChI is InChI=1S/C13H18N2O2S/c1-17-13(16)10-7-8-15-12(11(10)14)18-9-5-3-2-4-6-9/h7-9H,2-6,14H2,1H3. The minimum absolute atomic E-state index is 0.402. The molecule has 4 nitrogen and oxygen atoms in total. The second-order valence-corrected chi connectivity index (χ2v) is 5.74. The molecule has 0 amide bonds. The fourth-order valence-electron chi connectivity index (χ4n) is 2.18. The maximum Gasteiger partial charge on any atom is 0.340 e. The van der Waals surface area contributed by atoms with Gasteiger partial charge < -0.3 is 10.5 Å². The van der Waals surface area contributed by atoms with E-state index < -0.39 is 5.97 Å². The van der Waals surface area contributed by atoms with Gasteiger partial charge in [0.05, 0.1) is 18.4 Å². The molecule has 1 aliphatic carbocycles. The Morgan fingerprint density at radius 2 is 2.17 bits per heavy atom. The minimum atomic E-state index is -0.402. The molecular formula is C13H18N2O2S. The summed E-state index contributed by atoms with van der Waals surface area (Å²) in [5.74, 6) is -0.402. The third-order valence-corrected chi connectivity index (χ3v) is 4.54. The molecule has 98 valence electrons. The average Bonchev–Trinajstić information content (AvgIpc) is 2.41. The zero-order chi connectivity index (χ0) is 13.0. The fourth-order valence-corrected chi connectivity index (χ4v) is 3.42. The second-order valence-electron chi connectivity index (χ2n) is 4.45. The van der Waals surface area contributed by atoms with E-state index in [0.717, 1.165) is 5.03 Å². The van der Waals surface area contributed by atoms with Crippen molar-refractivity contribution in [3.8, 4) is 0 Å². The second kappa shape index (κ2) is 6.09. The first-order valence-corrected chi connectivity index (χ1v) is 7.09. The normalized spacial score (nSPS) is 16.5. The molecule has 0 saturated heterocycles. The summed E-state index contributed by atoms with van der Waals surface area (Å²) in [6.45, 7) is 0. The van der Waals surface area contributed by atoms with Gasteiger partial charge in [0.1, 0.15) is 5.03 Å². The number of carbonyl (C=O) groups excluding carboxylic acids is 1. The van der Waals surface area contributed by atoms with Crippen molar-refractivity contribution in [2.24, 2.45) is 0 Å². The van der Waals surface area contributed by atoms with Crippen LogP contribution < -0.4 is 5.73 Å². The van der Waals surface area contributed by atoms with E-state index in [4.69, 9.17) is 10.5 Å². The minimum Gasteiger partial charge on any atom is -0.465 e. The van der Waals surface area contributed by atoms with E-state index in [1.807, 2.05) is 0 Å². The van der Waals surface area contributed by atoms with Crippen LogP contribution in [0.3, 0.4) is 0 Å². The van der Waals surface area contributed by atoms with Gasteiger partial charge in [-0.1, -0.05) is 19.3 Å². The number of anilines is 1. The van der Waals surface area contributed by atoms with Gasteiger partial charge in [0.2, 0.25) is 0 Å². The highest BCUT2D eigenvalue weighted by molar-refractivity contribution is 8.00. The number of pyridine rings is 1. The van der Waals surface area contributed by atoms with Crippen LogP contribution in [-0.4, -0.2) is 23.3 Å². The van der Waals surface area contributed by atoms with E-state index in [1.165, 1.54) is 39.2 Å². The lowest BCUT2D eigenvalue weighted by atomic mass is 10.0. The van der Waals surface area contributed by atoms with Crippen molar-refractivity contribution in [2.45, 2.75) is 42.4 Å². The summed E-state index contributed by atoms with van der Waals surface area (Å²) < 4.78 is 4.71. The molecule has 1 heterocycles. The van der Waals surface area contributed by atoms with Crippen LogP contribution in [0.4, 0.5) is 5.69 Å². The largest absolute Gasteiger partial charge is 0.465 e. The van der Waals surface area contributed by atoms with Gasteiger partial charge in [-0.2, -0.15) is 0 Å². The molecular weight excluding hydrogens is 248 g/mol. The maximum absolute atomic E-state index is 11.5. The smallest absolute Gasteiger partial charge is 0.340 e. The zero-order valence-electron chi connectivity index (χ0n) is 10.5. The first-order valence-electron chi connectivity index (χ1n) is 6.22. The third-order valence-electron chi connectivity index (χ3n) is 3.19. The van der Waals surface area contributed by atoms with Crippen LogP contribution in [0.25, 0.3) is 0 Å². The molecule has 1 aromatic heterocycles. The van der Waals surface area contributed by atoms with Gasteiger partial charge in [-0.05, 0) is 18.9 Å². The van der Waals surface area contributed by atoms with Crippen LogP contribution in [0.5, 0.6) is 0 Å². The van der Waals surface area contributed by atoms with Crippen molar-refractivity contribution in [3.63, 3.8) is 0 Å². The number of hydrogen-bond donors (Lipinski definition) is 1. The van der Waals surface area contributed by atoms with E-state index >= 15 is 0 Å². The molecule has 2 rings (SSSR count). The number of aromatic nitrogens is 1. The quantitative estimate of drug-likeness (QED) is 0.852. The van der Waals surface area contributed by atoms with Crippen LogP contribution in [0.15, 0.2) is 17.3 Å². The Kier molecular flexibility index (Phi) is 4.47. The first-order chi connectivity index (χ1) is 8.72. The lowest BCUT2D eigenvalue weighted by Crippen LogP contribution is -2.11. The predicted octanol–water partition coefficient (Wildman–Crippen LogP) is 2.88. The average molecular weight is 266 g/mol. The fraction of sp³-hybridized carbons (Fsp3) is 0.538. The summed E-state index contributed by atoms with van der Waals surface area (Å²) in [6.07, 6.45) is 7.89. The van der Waals surface area contributed by atoms with Crippen molar-refractivity contribution in [1.82, 2.24) is 4.98 Å².